The molecule has 2 aromatic carbocycles. The maximum absolute atomic E-state index is 13.0. The molecule has 28 heavy (non-hydrogen) atoms. The Hall–Kier alpha value is -2.80. The van der Waals surface area contributed by atoms with Gasteiger partial charge in [0.15, 0.2) is 5.76 Å². The van der Waals surface area contributed by atoms with Crippen LogP contribution in [0.15, 0.2) is 47.0 Å². The van der Waals surface area contributed by atoms with Crippen molar-refractivity contribution in [1.82, 2.24) is 10.5 Å². The van der Waals surface area contributed by atoms with E-state index < -0.39 is 17.6 Å². The number of aromatic nitrogens is 1. The Morgan fingerprint density at radius 2 is 1.89 bits per heavy atom. The summed E-state index contributed by atoms with van der Waals surface area (Å²) in [6, 6.07) is 9.95. The molecule has 8 heteroatoms. The number of benzene rings is 2. The fraction of sp³-hybridized carbons (Fsp3) is 0.200. The van der Waals surface area contributed by atoms with Crippen molar-refractivity contribution in [2.75, 3.05) is 0 Å². The van der Waals surface area contributed by atoms with Crippen LogP contribution in [0.3, 0.4) is 0 Å². The van der Waals surface area contributed by atoms with Crippen LogP contribution in [-0.4, -0.2) is 11.1 Å². The minimum atomic E-state index is -4.50. The SMILES string of the molecule is Cc1cccc(Cl)c1CNC(=O)c1c(C)noc1-c1cccc(C(F)(F)F)c1. The molecular weight excluding hydrogens is 393 g/mol. The van der Waals surface area contributed by atoms with E-state index in [-0.39, 0.29) is 29.1 Å². The molecule has 1 aromatic heterocycles. The molecule has 0 radical (unpaired) electrons. The van der Waals surface area contributed by atoms with Crippen LogP contribution in [0.2, 0.25) is 5.02 Å². The summed E-state index contributed by atoms with van der Waals surface area (Å²) in [5.41, 5.74) is 1.32. The number of aryl methyl sites for hydroxylation is 2. The predicted molar refractivity (Wildman–Crippen MR) is 99.0 cm³/mol. The molecule has 0 atom stereocenters. The van der Waals surface area contributed by atoms with E-state index in [1.165, 1.54) is 12.1 Å². The van der Waals surface area contributed by atoms with Crippen molar-refractivity contribution in [3.8, 4) is 11.3 Å². The molecule has 146 valence electrons. The van der Waals surface area contributed by atoms with E-state index in [0.717, 1.165) is 23.3 Å². The van der Waals surface area contributed by atoms with Gasteiger partial charge in [0.25, 0.3) is 5.91 Å². The number of amides is 1. The maximum Gasteiger partial charge on any atom is 0.416 e. The highest BCUT2D eigenvalue weighted by Crippen LogP contribution is 2.34. The van der Waals surface area contributed by atoms with Crippen molar-refractivity contribution >= 4 is 17.5 Å². The molecule has 0 spiro atoms. The zero-order valence-corrected chi connectivity index (χ0v) is 15.8. The fourth-order valence-electron chi connectivity index (χ4n) is 2.82. The standard InChI is InChI=1S/C20H16ClF3N2O2/c1-11-5-3-8-16(21)15(11)10-25-19(27)17-12(2)26-28-18(17)13-6-4-7-14(9-13)20(22,23)24/h3-9H,10H2,1-2H3,(H,25,27). The first-order valence-electron chi connectivity index (χ1n) is 8.34. The Balaban J connectivity index is 1.90. The minimum absolute atomic E-state index is 0.0167. The molecule has 3 rings (SSSR count). The Morgan fingerprint density at radius 3 is 2.57 bits per heavy atom. The summed E-state index contributed by atoms with van der Waals surface area (Å²) in [6.07, 6.45) is -4.50. The fourth-order valence-corrected chi connectivity index (χ4v) is 3.11. The summed E-state index contributed by atoms with van der Waals surface area (Å²) in [6.45, 7) is 3.58. The van der Waals surface area contributed by atoms with Crippen LogP contribution in [0.1, 0.15) is 32.7 Å². The molecule has 0 saturated heterocycles. The summed E-state index contributed by atoms with van der Waals surface area (Å²) in [5.74, 6) is -0.525. The zero-order chi connectivity index (χ0) is 20.5. The van der Waals surface area contributed by atoms with E-state index in [2.05, 4.69) is 10.5 Å². The summed E-state index contributed by atoms with van der Waals surface area (Å²) < 4.78 is 44.1. The van der Waals surface area contributed by atoms with E-state index in [0.29, 0.717) is 5.02 Å². The summed E-state index contributed by atoms with van der Waals surface area (Å²) in [4.78, 5) is 12.7. The Kier molecular flexibility index (Phi) is 5.47. The van der Waals surface area contributed by atoms with Gasteiger partial charge in [0.05, 0.1) is 11.3 Å². The number of hydrogen-bond donors (Lipinski definition) is 1. The van der Waals surface area contributed by atoms with Crippen molar-refractivity contribution < 1.29 is 22.5 Å². The highest BCUT2D eigenvalue weighted by molar-refractivity contribution is 6.31. The van der Waals surface area contributed by atoms with Crippen LogP contribution >= 0.6 is 11.6 Å². The largest absolute Gasteiger partial charge is 0.416 e. The van der Waals surface area contributed by atoms with Crippen LogP contribution in [0.4, 0.5) is 13.2 Å². The Morgan fingerprint density at radius 1 is 1.18 bits per heavy atom. The van der Waals surface area contributed by atoms with Crippen LogP contribution in [0.25, 0.3) is 11.3 Å². The van der Waals surface area contributed by atoms with Gasteiger partial charge in [-0.25, -0.2) is 0 Å². The lowest BCUT2D eigenvalue weighted by Crippen LogP contribution is -2.24. The lowest BCUT2D eigenvalue weighted by atomic mass is 10.0. The third-order valence-electron chi connectivity index (χ3n) is 4.32. The molecule has 3 aromatic rings. The molecular formula is C20H16ClF3N2O2. The van der Waals surface area contributed by atoms with Crippen molar-refractivity contribution in [3.63, 3.8) is 0 Å². The van der Waals surface area contributed by atoms with Gasteiger partial charge >= 0.3 is 6.18 Å². The van der Waals surface area contributed by atoms with Gasteiger partial charge in [-0.15, -0.1) is 0 Å². The van der Waals surface area contributed by atoms with Crippen LogP contribution in [0.5, 0.6) is 0 Å². The highest BCUT2D eigenvalue weighted by atomic mass is 35.5. The molecule has 0 fully saturated rings. The molecule has 0 bridgehead atoms. The first-order chi connectivity index (χ1) is 13.2. The molecule has 0 aliphatic rings. The molecule has 1 N–H and O–H groups in total. The first-order valence-corrected chi connectivity index (χ1v) is 8.72. The number of rotatable bonds is 4. The van der Waals surface area contributed by atoms with Gasteiger partial charge < -0.3 is 9.84 Å². The van der Waals surface area contributed by atoms with Crippen LogP contribution < -0.4 is 5.32 Å². The average molecular weight is 409 g/mol. The van der Waals surface area contributed by atoms with E-state index in [9.17, 15) is 18.0 Å². The first kappa shape index (κ1) is 19.9. The smallest absolute Gasteiger partial charge is 0.355 e. The molecule has 0 aliphatic carbocycles. The van der Waals surface area contributed by atoms with Gasteiger partial charge in [0, 0.05) is 17.1 Å². The van der Waals surface area contributed by atoms with Gasteiger partial charge in [-0.2, -0.15) is 13.2 Å². The molecule has 1 heterocycles. The number of halogens is 4. The number of alkyl halides is 3. The number of hydrogen-bond acceptors (Lipinski definition) is 3. The number of nitrogens with zero attached hydrogens (tertiary/aromatic N) is 1. The minimum Gasteiger partial charge on any atom is -0.355 e. The lowest BCUT2D eigenvalue weighted by Gasteiger charge is -2.11. The second-order valence-electron chi connectivity index (χ2n) is 6.27. The highest BCUT2D eigenvalue weighted by Gasteiger charge is 2.31. The van der Waals surface area contributed by atoms with Crippen molar-refractivity contribution in [2.45, 2.75) is 26.6 Å². The molecule has 4 nitrogen and oxygen atoms in total. The monoisotopic (exact) mass is 408 g/mol. The number of carbonyl (C=O) groups is 1. The van der Waals surface area contributed by atoms with E-state index in [1.54, 1.807) is 19.1 Å². The summed E-state index contributed by atoms with van der Waals surface area (Å²) in [5, 5.41) is 7.00. The quantitative estimate of drug-likeness (QED) is 0.614. The second kappa shape index (κ2) is 7.67. The Labute approximate surface area is 164 Å². The predicted octanol–water partition coefficient (Wildman–Crippen LogP) is 5.56. The van der Waals surface area contributed by atoms with Crippen LogP contribution in [-0.2, 0) is 12.7 Å². The maximum atomic E-state index is 13.0. The third kappa shape index (κ3) is 4.04. The van der Waals surface area contributed by atoms with Crippen molar-refractivity contribution in [3.05, 3.63) is 75.4 Å². The molecule has 1 amide bonds. The number of nitrogens with one attached hydrogen (secondary N) is 1. The molecule has 0 aliphatic heterocycles. The topological polar surface area (TPSA) is 55.1 Å². The molecule has 0 saturated carbocycles. The van der Waals surface area contributed by atoms with Gasteiger partial charge in [0.2, 0.25) is 0 Å². The van der Waals surface area contributed by atoms with Crippen molar-refractivity contribution in [2.24, 2.45) is 0 Å². The zero-order valence-electron chi connectivity index (χ0n) is 15.0. The number of carbonyl (C=O) groups excluding carboxylic acids is 1. The van der Waals surface area contributed by atoms with E-state index in [4.69, 9.17) is 16.1 Å². The third-order valence-corrected chi connectivity index (χ3v) is 4.67. The van der Waals surface area contributed by atoms with E-state index >= 15 is 0 Å². The summed E-state index contributed by atoms with van der Waals surface area (Å²) in [7, 11) is 0. The van der Waals surface area contributed by atoms with Crippen molar-refractivity contribution in [1.29, 1.82) is 0 Å². The van der Waals surface area contributed by atoms with Gasteiger partial charge in [-0.3, -0.25) is 4.79 Å². The second-order valence-corrected chi connectivity index (χ2v) is 6.68. The lowest BCUT2D eigenvalue weighted by molar-refractivity contribution is -0.137. The van der Waals surface area contributed by atoms with Gasteiger partial charge in [-0.05, 0) is 43.2 Å². The van der Waals surface area contributed by atoms with Gasteiger partial charge in [0.1, 0.15) is 5.56 Å². The normalized spacial score (nSPS) is 11.5. The van der Waals surface area contributed by atoms with E-state index in [1.807, 2.05) is 13.0 Å². The molecule has 0 unspecified atom stereocenters. The Bertz CT molecular complexity index is 1010. The van der Waals surface area contributed by atoms with Crippen LogP contribution in [0, 0.1) is 13.8 Å². The van der Waals surface area contributed by atoms with Gasteiger partial charge in [-0.1, -0.05) is 41.0 Å². The average Bonchev–Trinajstić information content (AvgIpc) is 3.02. The summed E-state index contributed by atoms with van der Waals surface area (Å²) >= 11 is 6.17.